The van der Waals surface area contributed by atoms with Crippen molar-refractivity contribution in [3.05, 3.63) is 40.9 Å². The van der Waals surface area contributed by atoms with E-state index in [0.717, 1.165) is 28.0 Å². The Bertz CT molecular complexity index is 553. The SMILES string of the molecule is COc1cc2ccc(Cl)cc2cc1C(C)CCN. The van der Waals surface area contributed by atoms with Gasteiger partial charge in [-0.1, -0.05) is 24.6 Å². The number of fused-ring (bicyclic) bond motifs is 1. The van der Waals surface area contributed by atoms with Crippen molar-refractivity contribution < 1.29 is 4.74 Å². The minimum absolute atomic E-state index is 0.383. The minimum Gasteiger partial charge on any atom is -0.496 e. The lowest BCUT2D eigenvalue weighted by atomic mass is 9.94. The Morgan fingerprint density at radius 2 is 2.00 bits per heavy atom. The molecule has 0 aromatic heterocycles. The third-order valence-electron chi connectivity index (χ3n) is 3.28. The molecule has 2 aromatic rings. The number of ether oxygens (including phenoxy) is 1. The number of rotatable bonds is 4. The van der Waals surface area contributed by atoms with Crippen LogP contribution in [0.4, 0.5) is 0 Å². The Balaban J connectivity index is 2.56. The minimum atomic E-state index is 0.383. The molecule has 0 saturated heterocycles. The van der Waals surface area contributed by atoms with Crippen LogP contribution >= 0.6 is 11.6 Å². The molecule has 18 heavy (non-hydrogen) atoms. The van der Waals surface area contributed by atoms with Gasteiger partial charge in [-0.05, 0) is 59.5 Å². The highest BCUT2D eigenvalue weighted by atomic mass is 35.5. The molecule has 0 fully saturated rings. The van der Waals surface area contributed by atoms with E-state index in [-0.39, 0.29) is 0 Å². The van der Waals surface area contributed by atoms with Gasteiger partial charge in [0.05, 0.1) is 7.11 Å². The highest BCUT2D eigenvalue weighted by molar-refractivity contribution is 6.31. The first kappa shape index (κ1) is 13.2. The van der Waals surface area contributed by atoms with Crippen LogP contribution in [0.2, 0.25) is 5.02 Å². The molecule has 1 unspecified atom stereocenters. The summed E-state index contributed by atoms with van der Waals surface area (Å²) >= 11 is 6.03. The molecule has 0 amide bonds. The zero-order valence-corrected chi connectivity index (χ0v) is 11.5. The standard InChI is InChI=1S/C15H18ClNO/c1-10(5-6-17)14-8-12-7-13(16)4-3-11(12)9-15(14)18-2/h3-4,7-10H,5-6,17H2,1-2H3. The van der Waals surface area contributed by atoms with Gasteiger partial charge in [-0.15, -0.1) is 0 Å². The summed E-state index contributed by atoms with van der Waals surface area (Å²) in [5.74, 6) is 1.30. The second-order valence-electron chi connectivity index (χ2n) is 4.56. The molecule has 2 aromatic carbocycles. The van der Waals surface area contributed by atoms with E-state index in [4.69, 9.17) is 22.1 Å². The summed E-state index contributed by atoms with van der Waals surface area (Å²) in [4.78, 5) is 0. The fourth-order valence-electron chi connectivity index (χ4n) is 2.23. The Morgan fingerprint density at radius 1 is 1.22 bits per heavy atom. The smallest absolute Gasteiger partial charge is 0.122 e. The van der Waals surface area contributed by atoms with E-state index in [1.807, 2.05) is 18.2 Å². The Kier molecular flexibility index (Phi) is 4.10. The molecule has 0 spiro atoms. The normalized spacial score (nSPS) is 12.7. The molecule has 0 saturated carbocycles. The monoisotopic (exact) mass is 263 g/mol. The average Bonchev–Trinajstić information content (AvgIpc) is 2.37. The molecular formula is C15H18ClNO. The first-order valence-corrected chi connectivity index (χ1v) is 6.50. The Morgan fingerprint density at radius 3 is 2.67 bits per heavy atom. The lowest BCUT2D eigenvalue weighted by Crippen LogP contribution is -2.05. The summed E-state index contributed by atoms with van der Waals surface area (Å²) in [7, 11) is 1.70. The largest absolute Gasteiger partial charge is 0.496 e. The van der Waals surface area contributed by atoms with Crippen LogP contribution in [0, 0.1) is 0 Å². The summed E-state index contributed by atoms with van der Waals surface area (Å²) in [6.07, 6.45) is 0.947. The zero-order chi connectivity index (χ0) is 13.1. The van der Waals surface area contributed by atoms with Crippen LogP contribution in [0.5, 0.6) is 5.75 Å². The van der Waals surface area contributed by atoms with Crippen LogP contribution in [-0.4, -0.2) is 13.7 Å². The molecule has 2 rings (SSSR count). The van der Waals surface area contributed by atoms with Gasteiger partial charge < -0.3 is 10.5 Å². The van der Waals surface area contributed by atoms with Gasteiger partial charge in [-0.2, -0.15) is 0 Å². The van der Waals surface area contributed by atoms with Crippen LogP contribution in [-0.2, 0) is 0 Å². The van der Waals surface area contributed by atoms with Crippen molar-refractivity contribution in [2.45, 2.75) is 19.3 Å². The van der Waals surface area contributed by atoms with Gasteiger partial charge in [0.25, 0.3) is 0 Å². The van der Waals surface area contributed by atoms with E-state index in [1.165, 1.54) is 5.56 Å². The zero-order valence-electron chi connectivity index (χ0n) is 10.7. The van der Waals surface area contributed by atoms with Crippen LogP contribution in [0.1, 0.15) is 24.8 Å². The number of halogens is 1. The van der Waals surface area contributed by atoms with Crippen molar-refractivity contribution in [3.8, 4) is 5.75 Å². The quantitative estimate of drug-likeness (QED) is 0.906. The Hall–Kier alpha value is -1.25. The first-order chi connectivity index (χ1) is 8.65. The predicted molar refractivity (Wildman–Crippen MR) is 77.6 cm³/mol. The van der Waals surface area contributed by atoms with Crippen LogP contribution in [0.15, 0.2) is 30.3 Å². The molecule has 3 heteroatoms. The summed E-state index contributed by atoms with van der Waals surface area (Å²) in [5, 5.41) is 3.03. The molecule has 0 heterocycles. The number of methoxy groups -OCH3 is 1. The molecule has 0 aliphatic heterocycles. The molecule has 2 nitrogen and oxygen atoms in total. The van der Waals surface area contributed by atoms with E-state index in [9.17, 15) is 0 Å². The van der Waals surface area contributed by atoms with Crippen molar-refractivity contribution in [3.63, 3.8) is 0 Å². The van der Waals surface area contributed by atoms with Crippen molar-refractivity contribution >= 4 is 22.4 Å². The highest BCUT2D eigenvalue weighted by Crippen LogP contribution is 2.33. The van der Waals surface area contributed by atoms with Crippen LogP contribution < -0.4 is 10.5 Å². The van der Waals surface area contributed by atoms with Gasteiger partial charge >= 0.3 is 0 Å². The maximum Gasteiger partial charge on any atom is 0.122 e. The van der Waals surface area contributed by atoms with Gasteiger partial charge in [-0.25, -0.2) is 0 Å². The molecule has 0 radical (unpaired) electrons. The highest BCUT2D eigenvalue weighted by Gasteiger charge is 2.12. The summed E-state index contributed by atoms with van der Waals surface area (Å²) in [5.41, 5.74) is 6.83. The second kappa shape index (κ2) is 5.59. The molecule has 0 bridgehead atoms. The maximum atomic E-state index is 6.03. The average molecular weight is 264 g/mol. The molecule has 96 valence electrons. The van der Waals surface area contributed by atoms with E-state index < -0.39 is 0 Å². The fraction of sp³-hybridized carbons (Fsp3) is 0.333. The molecule has 2 N–H and O–H groups in total. The Labute approximate surface area is 113 Å². The number of hydrogen-bond acceptors (Lipinski definition) is 2. The van der Waals surface area contributed by atoms with Crippen LogP contribution in [0.3, 0.4) is 0 Å². The molecule has 0 aliphatic carbocycles. The summed E-state index contributed by atoms with van der Waals surface area (Å²) in [6.45, 7) is 2.85. The van der Waals surface area contributed by atoms with Crippen molar-refractivity contribution in [2.75, 3.05) is 13.7 Å². The van der Waals surface area contributed by atoms with Crippen molar-refractivity contribution in [2.24, 2.45) is 5.73 Å². The lowest BCUT2D eigenvalue weighted by molar-refractivity contribution is 0.406. The fourth-order valence-corrected chi connectivity index (χ4v) is 2.41. The predicted octanol–water partition coefficient (Wildman–Crippen LogP) is 3.95. The number of nitrogens with two attached hydrogens (primary N) is 1. The third kappa shape index (κ3) is 2.60. The van der Waals surface area contributed by atoms with E-state index in [1.54, 1.807) is 7.11 Å². The topological polar surface area (TPSA) is 35.2 Å². The van der Waals surface area contributed by atoms with Gasteiger partial charge in [0, 0.05) is 5.02 Å². The number of benzene rings is 2. The van der Waals surface area contributed by atoms with E-state index >= 15 is 0 Å². The molecule has 1 atom stereocenters. The van der Waals surface area contributed by atoms with Crippen molar-refractivity contribution in [1.82, 2.24) is 0 Å². The maximum absolute atomic E-state index is 6.03. The third-order valence-corrected chi connectivity index (χ3v) is 3.52. The molecular weight excluding hydrogens is 246 g/mol. The first-order valence-electron chi connectivity index (χ1n) is 6.13. The summed E-state index contributed by atoms with van der Waals surface area (Å²) < 4.78 is 5.48. The van der Waals surface area contributed by atoms with Gasteiger partial charge in [0.1, 0.15) is 5.75 Å². The summed E-state index contributed by atoms with van der Waals surface area (Å²) in [6, 6.07) is 10.1. The van der Waals surface area contributed by atoms with Crippen molar-refractivity contribution in [1.29, 1.82) is 0 Å². The lowest BCUT2D eigenvalue weighted by Gasteiger charge is -2.16. The van der Waals surface area contributed by atoms with E-state index in [0.29, 0.717) is 12.5 Å². The number of hydrogen-bond donors (Lipinski definition) is 1. The van der Waals surface area contributed by atoms with Crippen LogP contribution in [0.25, 0.3) is 10.8 Å². The van der Waals surface area contributed by atoms with Gasteiger partial charge in [0.15, 0.2) is 0 Å². The van der Waals surface area contributed by atoms with Gasteiger partial charge in [0.2, 0.25) is 0 Å². The van der Waals surface area contributed by atoms with E-state index in [2.05, 4.69) is 19.1 Å². The van der Waals surface area contributed by atoms with Gasteiger partial charge in [-0.3, -0.25) is 0 Å². The second-order valence-corrected chi connectivity index (χ2v) is 5.00. The molecule has 0 aliphatic rings.